The SMILES string of the molecule is CCn1c2ccccc2n2c(-c3cc(N)ccc3C)nnc12. The van der Waals surface area contributed by atoms with Crippen LogP contribution in [0.5, 0.6) is 0 Å². The van der Waals surface area contributed by atoms with Gasteiger partial charge in [0.1, 0.15) is 0 Å². The lowest BCUT2D eigenvalue weighted by Gasteiger charge is -2.04. The van der Waals surface area contributed by atoms with Crippen LogP contribution in [0.1, 0.15) is 12.5 Å². The predicted octanol–water partition coefficient (Wildman–Crippen LogP) is 3.26. The molecule has 2 N–H and O–H groups in total. The third-order valence-electron chi connectivity index (χ3n) is 4.12. The van der Waals surface area contributed by atoms with Crippen molar-refractivity contribution in [2.45, 2.75) is 20.4 Å². The molecule has 5 heteroatoms. The molecule has 22 heavy (non-hydrogen) atoms. The summed E-state index contributed by atoms with van der Waals surface area (Å²) in [5.41, 5.74) is 11.1. The molecule has 0 amide bonds. The molecule has 0 bridgehead atoms. The molecule has 2 heterocycles. The third-order valence-corrected chi connectivity index (χ3v) is 4.12. The summed E-state index contributed by atoms with van der Waals surface area (Å²) in [6, 6.07) is 14.2. The largest absolute Gasteiger partial charge is 0.399 e. The second-order valence-electron chi connectivity index (χ2n) is 5.47. The minimum absolute atomic E-state index is 0.733. The summed E-state index contributed by atoms with van der Waals surface area (Å²) in [4.78, 5) is 0. The number of nitrogens with zero attached hydrogens (tertiary/aromatic N) is 4. The standard InChI is InChI=1S/C17H17N5/c1-3-21-14-6-4-5-7-15(14)22-16(19-20-17(21)22)13-10-12(18)9-8-11(13)2/h4-10H,3,18H2,1-2H3. The van der Waals surface area contributed by atoms with Crippen molar-refractivity contribution in [3.05, 3.63) is 48.0 Å². The van der Waals surface area contributed by atoms with Crippen LogP contribution in [-0.4, -0.2) is 19.2 Å². The van der Waals surface area contributed by atoms with Crippen LogP contribution in [0.2, 0.25) is 0 Å². The Hall–Kier alpha value is -2.82. The van der Waals surface area contributed by atoms with Crippen LogP contribution in [0.15, 0.2) is 42.5 Å². The van der Waals surface area contributed by atoms with E-state index in [4.69, 9.17) is 5.73 Å². The van der Waals surface area contributed by atoms with Gasteiger partial charge in [-0.15, -0.1) is 10.2 Å². The van der Waals surface area contributed by atoms with Gasteiger partial charge in [-0.1, -0.05) is 18.2 Å². The summed E-state index contributed by atoms with van der Waals surface area (Å²) in [6.07, 6.45) is 0. The number of anilines is 1. The van der Waals surface area contributed by atoms with Gasteiger partial charge in [0.05, 0.1) is 11.0 Å². The number of aromatic nitrogens is 4. The van der Waals surface area contributed by atoms with E-state index in [0.717, 1.165) is 46.0 Å². The number of aryl methyl sites for hydroxylation is 2. The van der Waals surface area contributed by atoms with Gasteiger partial charge in [0.2, 0.25) is 5.78 Å². The van der Waals surface area contributed by atoms with E-state index < -0.39 is 0 Å². The second kappa shape index (κ2) is 4.59. The average molecular weight is 291 g/mol. The Morgan fingerprint density at radius 3 is 2.59 bits per heavy atom. The van der Waals surface area contributed by atoms with Crippen LogP contribution < -0.4 is 5.73 Å². The van der Waals surface area contributed by atoms with Gasteiger partial charge >= 0.3 is 0 Å². The van der Waals surface area contributed by atoms with Crippen molar-refractivity contribution in [3.63, 3.8) is 0 Å². The number of hydrogen-bond acceptors (Lipinski definition) is 3. The summed E-state index contributed by atoms with van der Waals surface area (Å²) in [7, 11) is 0. The van der Waals surface area contributed by atoms with Gasteiger partial charge in [0.25, 0.3) is 0 Å². The summed E-state index contributed by atoms with van der Waals surface area (Å²) in [5, 5.41) is 8.83. The molecule has 2 aromatic carbocycles. The quantitative estimate of drug-likeness (QED) is 0.577. The number of imidazole rings is 1. The first-order chi connectivity index (χ1) is 10.7. The molecule has 0 aliphatic carbocycles. The van der Waals surface area contributed by atoms with E-state index in [1.807, 2.05) is 30.3 Å². The topological polar surface area (TPSA) is 61.1 Å². The van der Waals surface area contributed by atoms with E-state index in [0.29, 0.717) is 0 Å². The van der Waals surface area contributed by atoms with E-state index in [-0.39, 0.29) is 0 Å². The first kappa shape index (κ1) is 12.9. The van der Waals surface area contributed by atoms with Crippen molar-refractivity contribution < 1.29 is 0 Å². The second-order valence-corrected chi connectivity index (χ2v) is 5.47. The third kappa shape index (κ3) is 1.65. The van der Waals surface area contributed by atoms with Crippen LogP contribution in [-0.2, 0) is 6.54 Å². The average Bonchev–Trinajstić information content (AvgIpc) is 3.07. The van der Waals surface area contributed by atoms with Crippen molar-refractivity contribution in [1.29, 1.82) is 0 Å². The van der Waals surface area contributed by atoms with Crippen LogP contribution >= 0.6 is 0 Å². The van der Waals surface area contributed by atoms with Crippen molar-refractivity contribution in [2.24, 2.45) is 0 Å². The van der Waals surface area contributed by atoms with E-state index >= 15 is 0 Å². The molecule has 2 aromatic heterocycles. The fraction of sp³-hybridized carbons (Fsp3) is 0.176. The number of para-hydroxylation sites is 2. The Balaban J connectivity index is 2.14. The van der Waals surface area contributed by atoms with Gasteiger partial charge in [-0.05, 0) is 43.7 Å². The van der Waals surface area contributed by atoms with Gasteiger partial charge in [-0.3, -0.25) is 4.40 Å². The lowest BCUT2D eigenvalue weighted by molar-refractivity contribution is 0.803. The number of benzene rings is 2. The molecule has 5 nitrogen and oxygen atoms in total. The summed E-state index contributed by atoms with van der Waals surface area (Å²) < 4.78 is 4.29. The highest BCUT2D eigenvalue weighted by Crippen LogP contribution is 2.29. The first-order valence-corrected chi connectivity index (χ1v) is 7.39. The molecule has 0 radical (unpaired) electrons. The van der Waals surface area contributed by atoms with Gasteiger partial charge in [-0.2, -0.15) is 0 Å². The lowest BCUT2D eigenvalue weighted by atomic mass is 10.1. The Bertz CT molecular complexity index is 993. The van der Waals surface area contributed by atoms with E-state index in [1.54, 1.807) is 0 Å². The number of nitrogen functional groups attached to an aromatic ring is 1. The molecule has 4 aromatic rings. The number of nitrogens with two attached hydrogens (primary N) is 1. The zero-order chi connectivity index (χ0) is 15.3. The highest BCUT2D eigenvalue weighted by Gasteiger charge is 2.17. The molecule has 0 unspecified atom stereocenters. The van der Waals surface area contributed by atoms with Crippen LogP contribution in [0.4, 0.5) is 5.69 Å². The minimum atomic E-state index is 0.733. The predicted molar refractivity (Wildman–Crippen MR) is 88.7 cm³/mol. The van der Waals surface area contributed by atoms with Crippen molar-refractivity contribution in [1.82, 2.24) is 19.2 Å². The van der Waals surface area contributed by atoms with Crippen molar-refractivity contribution in [2.75, 3.05) is 5.73 Å². The van der Waals surface area contributed by atoms with Crippen molar-refractivity contribution >= 4 is 22.5 Å². The normalized spacial score (nSPS) is 11.5. The Morgan fingerprint density at radius 1 is 1.05 bits per heavy atom. The summed E-state index contributed by atoms with van der Waals surface area (Å²) in [6.45, 7) is 5.03. The Labute approximate surface area is 128 Å². The highest BCUT2D eigenvalue weighted by atomic mass is 15.3. The number of hydrogen-bond donors (Lipinski definition) is 1. The number of fused-ring (bicyclic) bond motifs is 3. The molecule has 0 saturated carbocycles. The van der Waals surface area contributed by atoms with E-state index in [2.05, 4.69) is 45.1 Å². The molecule has 0 atom stereocenters. The maximum absolute atomic E-state index is 5.96. The van der Waals surface area contributed by atoms with Gasteiger partial charge < -0.3 is 10.3 Å². The zero-order valence-corrected chi connectivity index (χ0v) is 12.6. The molecule has 0 spiro atoms. The van der Waals surface area contributed by atoms with Gasteiger partial charge in [0.15, 0.2) is 5.82 Å². The molecular weight excluding hydrogens is 274 g/mol. The fourth-order valence-electron chi connectivity index (χ4n) is 3.03. The van der Waals surface area contributed by atoms with Gasteiger partial charge in [0, 0.05) is 17.8 Å². The first-order valence-electron chi connectivity index (χ1n) is 7.39. The smallest absolute Gasteiger partial charge is 0.236 e. The molecule has 0 fully saturated rings. The summed E-state index contributed by atoms with van der Waals surface area (Å²) >= 11 is 0. The van der Waals surface area contributed by atoms with Crippen LogP contribution in [0.3, 0.4) is 0 Å². The Morgan fingerprint density at radius 2 is 1.82 bits per heavy atom. The monoisotopic (exact) mass is 291 g/mol. The zero-order valence-electron chi connectivity index (χ0n) is 12.6. The molecule has 110 valence electrons. The maximum Gasteiger partial charge on any atom is 0.236 e. The van der Waals surface area contributed by atoms with Crippen molar-refractivity contribution in [3.8, 4) is 11.4 Å². The van der Waals surface area contributed by atoms with E-state index in [1.165, 1.54) is 0 Å². The van der Waals surface area contributed by atoms with Gasteiger partial charge in [-0.25, -0.2) is 0 Å². The molecular formula is C17H17N5. The maximum atomic E-state index is 5.96. The molecule has 0 saturated heterocycles. The van der Waals surface area contributed by atoms with Crippen LogP contribution in [0, 0.1) is 6.92 Å². The lowest BCUT2D eigenvalue weighted by Crippen LogP contribution is -1.94. The molecule has 0 aliphatic rings. The molecule has 0 aliphatic heterocycles. The number of rotatable bonds is 2. The fourth-order valence-corrected chi connectivity index (χ4v) is 3.03. The highest BCUT2D eigenvalue weighted by molar-refractivity contribution is 5.83. The Kier molecular flexibility index (Phi) is 2.69. The minimum Gasteiger partial charge on any atom is -0.399 e. The molecule has 4 rings (SSSR count). The van der Waals surface area contributed by atoms with E-state index in [9.17, 15) is 0 Å². The van der Waals surface area contributed by atoms with Crippen LogP contribution in [0.25, 0.3) is 28.2 Å². The summed E-state index contributed by atoms with van der Waals surface area (Å²) in [5.74, 6) is 1.70.